The number of hydrogen-bond donors (Lipinski definition) is 0. The van der Waals surface area contributed by atoms with Gasteiger partial charge in [0.2, 0.25) is 5.75 Å². The smallest absolute Gasteiger partial charge is 0.312 e. The van der Waals surface area contributed by atoms with Crippen LogP contribution in [0.5, 0.6) is 11.5 Å². The van der Waals surface area contributed by atoms with E-state index in [0.29, 0.717) is 26.1 Å². The van der Waals surface area contributed by atoms with Gasteiger partial charge in [0.15, 0.2) is 0 Å². The normalized spacial score (nSPS) is 10.5. The minimum absolute atomic E-state index is 0.109. The van der Waals surface area contributed by atoms with Gasteiger partial charge in [0.05, 0.1) is 9.95 Å². The SMILES string of the molecule is Cc1cc(Br)cc([N+](=O)[O-])c1Oc1ccc(CBr)cc1Cl. The number of aryl methyl sites for hydroxylation is 1. The monoisotopic (exact) mass is 433 g/mol. The quantitative estimate of drug-likeness (QED) is 0.336. The first-order valence-corrected chi connectivity index (χ1v) is 8.18. The van der Waals surface area contributed by atoms with Crippen LogP contribution in [0, 0.1) is 17.0 Å². The standard InChI is InChI=1S/C14H10Br2ClNO3/c1-8-4-10(16)6-12(18(19)20)14(8)21-13-3-2-9(7-15)5-11(13)17/h2-6H,7H2,1H3. The number of nitrogens with zero attached hydrogens (tertiary/aromatic N) is 1. The fourth-order valence-corrected chi connectivity index (χ4v) is 2.95. The molecule has 0 aliphatic heterocycles. The molecule has 0 N–H and O–H groups in total. The van der Waals surface area contributed by atoms with Crippen LogP contribution in [0.2, 0.25) is 5.02 Å². The minimum Gasteiger partial charge on any atom is -0.448 e. The maximum Gasteiger partial charge on any atom is 0.312 e. The Hall–Kier alpha value is -1.11. The average molecular weight is 435 g/mol. The van der Waals surface area contributed by atoms with Crippen molar-refractivity contribution in [2.24, 2.45) is 0 Å². The molecule has 0 atom stereocenters. The Morgan fingerprint density at radius 3 is 2.62 bits per heavy atom. The summed E-state index contributed by atoms with van der Waals surface area (Å²) in [5.41, 5.74) is 1.54. The van der Waals surface area contributed by atoms with Crippen molar-refractivity contribution < 1.29 is 9.66 Å². The van der Waals surface area contributed by atoms with Gasteiger partial charge in [-0.25, -0.2) is 0 Å². The van der Waals surface area contributed by atoms with Crippen molar-refractivity contribution in [3.8, 4) is 11.5 Å². The highest BCUT2D eigenvalue weighted by molar-refractivity contribution is 9.10. The summed E-state index contributed by atoms with van der Waals surface area (Å²) in [7, 11) is 0. The zero-order chi connectivity index (χ0) is 15.6. The number of halogens is 3. The number of alkyl halides is 1. The zero-order valence-corrected chi connectivity index (χ0v) is 14.8. The molecule has 2 aromatic rings. The Morgan fingerprint density at radius 1 is 1.33 bits per heavy atom. The summed E-state index contributed by atoms with van der Waals surface area (Å²) in [4.78, 5) is 10.7. The molecule has 0 saturated carbocycles. The highest BCUT2D eigenvalue weighted by Crippen LogP contribution is 2.39. The van der Waals surface area contributed by atoms with E-state index in [-0.39, 0.29) is 11.4 Å². The predicted octanol–water partition coefficient (Wildman–Crippen LogP) is 6.01. The van der Waals surface area contributed by atoms with Crippen molar-refractivity contribution in [1.82, 2.24) is 0 Å². The second-order valence-corrected chi connectivity index (χ2v) is 6.21. The molecular formula is C14H10Br2ClNO3. The summed E-state index contributed by atoms with van der Waals surface area (Å²) < 4.78 is 6.30. The fourth-order valence-electron chi connectivity index (χ4n) is 1.80. The van der Waals surface area contributed by atoms with E-state index in [2.05, 4.69) is 31.9 Å². The summed E-state index contributed by atoms with van der Waals surface area (Å²) in [6, 6.07) is 8.46. The second-order valence-electron chi connectivity index (χ2n) is 4.33. The predicted molar refractivity (Wildman–Crippen MR) is 89.7 cm³/mol. The summed E-state index contributed by atoms with van der Waals surface area (Å²) in [5.74, 6) is 0.576. The van der Waals surface area contributed by atoms with E-state index in [1.807, 2.05) is 6.07 Å². The minimum atomic E-state index is -0.478. The fraction of sp³-hybridized carbons (Fsp3) is 0.143. The van der Waals surface area contributed by atoms with Crippen LogP contribution in [0.15, 0.2) is 34.8 Å². The van der Waals surface area contributed by atoms with E-state index >= 15 is 0 Å². The van der Waals surface area contributed by atoms with Gasteiger partial charge in [-0.05, 0) is 36.2 Å². The van der Waals surface area contributed by atoms with Crippen molar-refractivity contribution in [2.45, 2.75) is 12.3 Å². The number of ether oxygens (including phenoxy) is 1. The highest BCUT2D eigenvalue weighted by atomic mass is 79.9. The average Bonchev–Trinajstić information content (AvgIpc) is 2.42. The van der Waals surface area contributed by atoms with Crippen LogP contribution in [-0.2, 0) is 5.33 Å². The first kappa shape index (κ1) is 16.3. The van der Waals surface area contributed by atoms with Crippen LogP contribution in [0.25, 0.3) is 0 Å². The molecule has 0 aliphatic rings. The number of hydrogen-bond acceptors (Lipinski definition) is 3. The Bertz CT molecular complexity index is 707. The topological polar surface area (TPSA) is 52.4 Å². The van der Waals surface area contributed by atoms with E-state index in [9.17, 15) is 10.1 Å². The van der Waals surface area contributed by atoms with E-state index in [1.54, 1.807) is 25.1 Å². The first-order valence-electron chi connectivity index (χ1n) is 5.89. The van der Waals surface area contributed by atoms with Crippen molar-refractivity contribution in [1.29, 1.82) is 0 Å². The molecule has 0 amide bonds. The number of rotatable bonds is 4. The third-order valence-electron chi connectivity index (χ3n) is 2.78. The Labute approximate surface area is 143 Å². The van der Waals surface area contributed by atoms with Crippen molar-refractivity contribution in [2.75, 3.05) is 0 Å². The van der Waals surface area contributed by atoms with Gasteiger partial charge in [0.1, 0.15) is 5.75 Å². The molecule has 21 heavy (non-hydrogen) atoms. The lowest BCUT2D eigenvalue weighted by Gasteiger charge is -2.11. The largest absolute Gasteiger partial charge is 0.448 e. The van der Waals surface area contributed by atoms with Crippen LogP contribution in [0.3, 0.4) is 0 Å². The van der Waals surface area contributed by atoms with Gasteiger partial charge in [0.25, 0.3) is 0 Å². The summed E-state index contributed by atoms with van der Waals surface area (Å²) in [6.07, 6.45) is 0. The van der Waals surface area contributed by atoms with E-state index < -0.39 is 4.92 Å². The summed E-state index contributed by atoms with van der Waals surface area (Å²) >= 11 is 12.7. The molecule has 2 aromatic carbocycles. The molecule has 0 saturated heterocycles. The summed E-state index contributed by atoms with van der Waals surface area (Å²) in [5, 5.41) is 12.2. The highest BCUT2D eigenvalue weighted by Gasteiger charge is 2.20. The Kier molecular flexibility index (Phi) is 5.24. The molecule has 0 unspecified atom stereocenters. The summed E-state index contributed by atoms with van der Waals surface area (Å²) in [6.45, 7) is 1.74. The van der Waals surface area contributed by atoms with Crippen molar-refractivity contribution >= 4 is 49.1 Å². The molecule has 0 radical (unpaired) electrons. The maximum absolute atomic E-state index is 11.2. The molecule has 4 nitrogen and oxygen atoms in total. The number of nitro groups is 1. The zero-order valence-electron chi connectivity index (χ0n) is 10.9. The Balaban J connectivity index is 2.46. The second kappa shape index (κ2) is 6.77. The van der Waals surface area contributed by atoms with Crippen LogP contribution in [0.4, 0.5) is 5.69 Å². The van der Waals surface area contributed by atoms with E-state index in [4.69, 9.17) is 16.3 Å². The lowest BCUT2D eigenvalue weighted by Crippen LogP contribution is -1.96. The molecule has 7 heteroatoms. The van der Waals surface area contributed by atoms with E-state index in [1.165, 1.54) is 6.07 Å². The molecule has 2 rings (SSSR count). The van der Waals surface area contributed by atoms with Gasteiger partial charge in [-0.15, -0.1) is 0 Å². The van der Waals surface area contributed by atoms with Crippen LogP contribution < -0.4 is 4.74 Å². The molecule has 0 aliphatic carbocycles. The van der Waals surface area contributed by atoms with Crippen LogP contribution >= 0.6 is 43.5 Å². The molecule has 0 aromatic heterocycles. The van der Waals surface area contributed by atoms with Gasteiger partial charge >= 0.3 is 5.69 Å². The molecule has 0 bridgehead atoms. The molecule has 0 fully saturated rings. The van der Waals surface area contributed by atoms with Gasteiger partial charge in [0, 0.05) is 15.9 Å². The van der Waals surface area contributed by atoms with Gasteiger partial charge < -0.3 is 4.74 Å². The van der Waals surface area contributed by atoms with Crippen LogP contribution in [0.1, 0.15) is 11.1 Å². The van der Waals surface area contributed by atoms with Crippen LogP contribution in [-0.4, -0.2) is 4.92 Å². The number of benzene rings is 2. The van der Waals surface area contributed by atoms with E-state index in [0.717, 1.165) is 5.56 Å². The van der Waals surface area contributed by atoms with Gasteiger partial charge in [-0.3, -0.25) is 10.1 Å². The Morgan fingerprint density at radius 2 is 2.05 bits per heavy atom. The van der Waals surface area contributed by atoms with Crippen molar-refractivity contribution in [3.05, 3.63) is 61.1 Å². The molecule has 0 spiro atoms. The lowest BCUT2D eigenvalue weighted by molar-refractivity contribution is -0.385. The third kappa shape index (κ3) is 3.75. The van der Waals surface area contributed by atoms with Gasteiger partial charge in [-0.2, -0.15) is 0 Å². The number of nitro benzene ring substituents is 1. The van der Waals surface area contributed by atoms with Crippen molar-refractivity contribution in [3.63, 3.8) is 0 Å². The third-order valence-corrected chi connectivity index (χ3v) is 4.18. The molecular weight excluding hydrogens is 425 g/mol. The first-order chi connectivity index (χ1) is 9.92. The maximum atomic E-state index is 11.2. The lowest BCUT2D eigenvalue weighted by atomic mass is 10.2. The van der Waals surface area contributed by atoms with Gasteiger partial charge in [-0.1, -0.05) is 49.5 Å². The molecule has 0 heterocycles. The molecule has 110 valence electrons.